The lowest BCUT2D eigenvalue weighted by molar-refractivity contribution is -0.385. The van der Waals surface area contributed by atoms with Crippen LogP contribution in [0.1, 0.15) is 0 Å². The maximum atomic E-state index is 10.8. The van der Waals surface area contributed by atoms with E-state index in [0.717, 1.165) is 49.1 Å². The van der Waals surface area contributed by atoms with Crippen LogP contribution in [0.5, 0.6) is 11.5 Å². The Morgan fingerprint density at radius 1 is 0.577 bits per heavy atom. The van der Waals surface area contributed by atoms with Crippen molar-refractivity contribution in [3.63, 3.8) is 0 Å². The van der Waals surface area contributed by atoms with Crippen LogP contribution >= 0.6 is 0 Å². The fraction of sp³-hybridized carbons (Fsp3) is 0.278. The number of non-ortho nitro benzene ring substituents is 2. The summed E-state index contributed by atoms with van der Waals surface area (Å²) >= 11 is 0. The Balaban J connectivity index is 0.000000201. The normalized spacial score (nSPS) is 14.8. The smallest absolute Gasteiger partial charge is 0.269 e. The molecule has 2 saturated heterocycles. The molecule has 2 N–H and O–H groups in total. The maximum absolute atomic E-state index is 10.8. The standard InChI is InChI=1S/2C18H20N4O4/c2*1-25-17-8-4-15(5-9-17)20-18(21-10-12-26-13-11-21)19-14-2-6-16(7-3-14)22(23)24/h2*2-9H,10-13H2,1H3,(H,19,20). The lowest BCUT2D eigenvalue weighted by Gasteiger charge is -2.30. The van der Waals surface area contributed by atoms with Crippen molar-refractivity contribution < 1.29 is 28.8 Å². The van der Waals surface area contributed by atoms with Crippen molar-refractivity contribution in [1.29, 1.82) is 0 Å². The van der Waals surface area contributed by atoms with Crippen LogP contribution < -0.4 is 20.1 Å². The highest BCUT2D eigenvalue weighted by Crippen LogP contribution is 2.22. The maximum Gasteiger partial charge on any atom is 0.269 e. The molecule has 6 rings (SSSR count). The number of anilines is 2. The average Bonchev–Trinajstić information content (AvgIpc) is 3.19. The number of ether oxygens (including phenoxy) is 4. The van der Waals surface area contributed by atoms with E-state index < -0.39 is 9.85 Å². The second kappa shape index (κ2) is 18.7. The zero-order chi connectivity index (χ0) is 36.7. The number of hydrogen-bond donors (Lipinski definition) is 2. The van der Waals surface area contributed by atoms with Crippen molar-refractivity contribution in [2.45, 2.75) is 0 Å². The molecule has 0 atom stereocenters. The van der Waals surface area contributed by atoms with Gasteiger partial charge in [-0.1, -0.05) is 0 Å². The molecular formula is C36H40N8O8. The van der Waals surface area contributed by atoms with Gasteiger partial charge in [0.1, 0.15) is 11.5 Å². The van der Waals surface area contributed by atoms with Gasteiger partial charge in [-0.3, -0.25) is 20.2 Å². The minimum atomic E-state index is -0.425. The topological polar surface area (TPSA) is 178 Å². The summed E-state index contributed by atoms with van der Waals surface area (Å²) in [6.45, 7) is 5.38. The summed E-state index contributed by atoms with van der Waals surface area (Å²) in [4.78, 5) is 34.2. The summed E-state index contributed by atoms with van der Waals surface area (Å²) in [6.07, 6.45) is 0. The fourth-order valence-corrected chi connectivity index (χ4v) is 5.05. The molecule has 4 aromatic rings. The average molecular weight is 713 g/mol. The van der Waals surface area contributed by atoms with Crippen molar-refractivity contribution in [3.8, 4) is 11.5 Å². The molecule has 0 amide bonds. The van der Waals surface area contributed by atoms with Crippen LogP contribution in [-0.4, -0.2) is 98.4 Å². The number of benzene rings is 4. The third kappa shape index (κ3) is 10.9. The first-order chi connectivity index (χ1) is 25.3. The van der Waals surface area contributed by atoms with E-state index in [1.54, 1.807) is 38.5 Å². The second-order valence-electron chi connectivity index (χ2n) is 11.3. The number of aliphatic imine (C=N–C) groups is 2. The highest BCUT2D eigenvalue weighted by atomic mass is 16.6. The quantitative estimate of drug-likeness (QED) is 0.0934. The summed E-state index contributed by atoms with van der Waals surface area (Å²) < 4.78 is 21.2. The summed E-state index contributed by atoms with van der Waals surface area (Å²) in [7, 11) is 3.25. The monoisotopic (exact) mass is 712 g/mol. The number of nitrogens with zero attached hydrogens (tertiary/aromatic N) is 6. The largest absolute Gasteiger partial charge is 0.497 e. The van der Waals surface area contributed by atoms with Gasteiger partial charge in [0.15, 0.2) is 0 Å². The number of rotatable bonds is 8. The number of guanidine groups is 2. The minimum Gasteiger partial charge on any atom is -0.497 e. The van der Waals surface area contributed by atoms with Gasteiger partial charge in [0.05, 0.1) is 61.9 Å². The predicted octanol–water partition coefficient (Wildman–Crippen LogP) is 6.07. The van der Waals surface area contributed by atoms with E-state index in [4.69, 9.17) is 18.9 Å². The van der Waals surface area contributed by atoms with Gasteiger partial charge in [0, 0.05) is 61.8 Å². The molecule has 2 aliphatic heterocycles. The number of nitro groups is 2. The highest BCUT2D eigenvalue weighted by molar-refractivity contribution is 5.96. The van der Waals surface area contributed by atoms with Gasteiger partial charge in [0.2, 0.25) is 11.9 Å². The molecule has 0 spiro atoms. The van der Waals surface area contributed by atoms with Gasteiger partial charge in [-0.25, -0.2) is 9.98 Å². The second-order valence-corrected chi connectivity index (χ2v) is 11.3. The van der Waals surface area contributed by atoms with Gasteiger partial charge in [0.25, 0.3) is 11.4 Å². The third-order valence-corrected chi connectivity index (χ3v) is 7.90. The molecule has 0 saturated carbocycles. The van der Waals surface area contributed by atoms with Crippen molar-refractivity contribution in [2.24, 2.45) is 9.98 Å². The molecule has 2 aliphatic rings. The molecule has 2 fully saturated rings. The zero-order valence-corrected chi connectivity index (χ0v) is 28.8. The first kappa shape index (κ1) is 37.0. The number of methoxy groups -OCH3 is 2. The zero-order valence-electron chi connectivity index (χ0n) is 28.8. The van der Waals surface area contributed by atoms with E-state index in [1.165, 1.54) is 24.3 Å². The van der Waals surface area contributed by atoms with Gasteiger partial charge in [-0.2, -0.15) is 0 Å². The molecule has 2 heterocycles. The molecule has 0 aliphatic carbocycles. The molecule has 0 aromatic heterocycles. The molecule has 16 nitrogen and oxygen atoms in total. The number of hydrogen-bond acceptors (Lipinski definition) is 10. The Kier molecular flexibility index (Phi) is 13.3. The van der Waals surface area contributed by atoms with E-state index in [9.17, 15) is 20.2 Å². The summed E-state index contributed by atoms with van der Waals surface area (Å²) in [5, 5.41) is 28.2. The Labute approximate surface area is 300 Å². The van der Waals surface area contributed by atoms with Crippen LogP contribution in [0, 0.1) is 20.2 Å². The first-order valence-electron chi connectivity index (χ1n) is 16.4. The van der Waals surface area contributed by atoms with Crippen LogP contribution in [-0.2, 0) is 9.47 Å². The molecule has 4 aromatic carbocycles. The van der Waals surface area contributed by atoms with Crippen LogP contribution in [0.25, 0.3) is 0 Å². The molecule has 16 heteroatoms. The fourth-order valence-electron chi connectivity index (χ4n) is 5.05. The van der Waals surface area contributed by atoms with E-state index in [2.05, 4.69) is 30.4 Å². The van der Waals surface area contributed by atoms with Gasteiger partial charge in [-0.05, 0) is 72.8 Å². The summed E-state index contributed by atoms with van der Waals surface area (Å²) in [5.74, 6) is 2.89. The number of morpholine rings is 2. The molecule has 0 unspecified atom stereocenters. The number of nitro benzene ring substituents is 2. The van der Waals surface area contributed by atoms with Crippen LogP contribution in [0.2, 0.25) is 0 Å². The van der Waals surface area contributed by atoms with Crippen LogP contribution in [0.4, 0.5) is 34.1 Å². The summed E-state index contributed by atoms with van der Waals surface area (Å²) in [5.41, 5.74) is 3.10. The molecule has 272 valence electrons. The Morgan fingerprint density at radius 3 is 1.19 bits per heavy atom. The van der Waals surface area contributed by atoms with Crippen LogP contribution in [0.15, 0.2) is 107 Å². The van der Waals surface area contributed by atoms with Crippen molar-refractivity contribution in [3.05, 3.63) is 117 Å². The van der Waals surface area contributed by atoms with E-state index in [1.807, 2.05) is 48.5 Å². The van der Waals surface area contributed by atoms with Crippen molar-refractivity contribution >= 4 is 46.0 Å². The Bertz CT molecular complexity index is 1670. The van der Waals surface area contributed by atoms with Gasteiger partial charge in [-0.15, -0.1) is 0 Å². The van der Waals surface area contributed by atoms with Gasteiger partial charge < -0.3 is 39.4 Å². The SMILES string of the molecule is COc1ccc(NC(=Nc2ccc([N+](=O)[O-])cc2)N2CCOCC2)cc1.COc1ccc(NC(=Nc2ccc([N+](=O)[O-])cc2)N2CCOCC2)cc1. The van der Waals surface area contributed by atoms with E-state index >= 15 is 0 Å². The Morgan fingerprint density at radius 2 is 0.904 bits per heavy atom. The van der Waals surface area contributed by atoms with Crippen molar-refractivity contribution in [2.75, 3.05) is 77.5 Å². The minimum absolute atomic E-state index is 0.0417. The Hall–Kier alpha value is -6.26. The van der Waals surface area contributed by atoms with E-state index in [0.29, 0.717) is 49.7 Å². The van der Waals surface area contributed by atoms with E-state index in [-0.39, 0.29) is 11.4 Å². The van der Waals surface area contributed by atoms with Crippen LogP contribution in [0.3, 0.4) is 0 Å². The third-order valence-electron chi connectivity index (χ3n) is 7.90. The highest BCUT2D eigenvalue weighted by Gasteiger charge is 2.18. The molecule has 0 radical (unpaired) electrons. The molecule has 0 bridgehead atoms. The van der Waals surface area contributed by atoms with Gasteiger partial charge >= 0.3 is 0 Å². The molecular weight excluding hydrogens is 672 g/mol. The van der Waals surface area contributed by atoms with Crippen molar-refractivity contribution in [1.82, 2.24) is 9.80 Å². The molecule has 52 heavy (non-hydrogen) atoms. The number of nitrogens with one attached hydrogen (secondary N) is 2. The summed E-state index contributed by atoms with van der Waals surface area (Å²) in [6, 6.07) is 27.4. The predicted molar refractivity (Wildman–Crippen MR) is 198 cm³/mol. The first-order valence-corrected chi connectivity index (χ1v) is 16.4. The lowest BCUT2D eigenvalue weighted by atomic mass is 10.3. The lowest BCUT2D eigenvalue weighted by Crippen LogP contribution is -2.44.